The third-order valence-electron chi connectivity index (χ3n) is 2.69. The Bertz CT molecular complexity index is 474. The van der Waals surface area contributed by atoms with Crippen LogP contribution in [0.3, 0.4) is 0 Å². The van der Waals surface area contributed by atoms with Crippen LogP contribution in [-0.4, -0.2) is 21.4 Å². The van der Waals surface area contributed by atoms with E-state index in [-0.39, 0.29) is 16.9 Å². The van der Waals surface area contributed by atoms with Gasteiger partial charge in [0.2, 0.25) is 3.79 Å². The second-order valence-electron chi connectivity index (χ2n) is 4.25. The molecule has 0 saturated carbocycles. The van der Waals surface area contributed by atoms with Gasteiger partial charge in [-0.2, -0.15) is 0 Å². The third kappa shape index (κ3) is 4.42. The minimum atomic E-state index is -1.78. The van der Waals surface area contributed by atoms with Gasteiger partial charge in [0.15, 0.2) is 0 Å². The van der Waals surface area contributed by atoms with Gasteiger partial charge in [-0.15, -0.1) is 0 Å². The molecule has 20 heavy (non-hydrogen) atoms. The third-order valence-corrected chi connectivity index (χ3v) is 3.29. The summed E-state index contributed by atoms with van der Waals surface area (Å²) in [6.07, 6.45) is 0.714. The van der Waals surface area contributed by atoms with Crippen LogP contribution < -0.4 is 5.73 Å². The molecule has 1 aromatic carbocycles. The van der Waals surface area contributed by atoms with Gasteiger partial charge in [-0.1, -0.05) is 60.3 Å². The van der Waals surface area contributed by atoms with Gasteiger partial charge in [0.25, 0.3) is 5.91 Å². The summed E-state index contributed by atoms with van der Waals surface area (Å²) in [6.45, 7) is 2.37. The van der Waals surface area contributed by atoms with Crippen molar-refractivity contribution < 1.29 is 14.6 Å². The Morgan fingerprint density at radius 3 is 2.60 bits per heavy atom. The molecule has 0 fully saturated rings. The molecule has 0 aliphatic heterocycles. The number of carbonyl (C=O) groups excluding carboxylic acids is 1. The van der Waals surface area contributed by atoms with E-state index in [1.807, 2.05) is 6.92 Å². The Morgan fingerprint density at radius 2 is 2.10 bits per heavy atom. The number of hydrogen-bond acceptors (Lipinski definition) is 3. The quantitative estimate of drug-likeness (QED) is 0.612. The monoisotopic (exact) mass is 339 g/mol. The lowest BCUT2D eigenvalue weighted by atomic mass is 10.0. The number of phenols is 1. The summed E-state index contributed by atoms with van der Waals surface area (Å²) in [5.41, 5.74) is 5.35. The lowest BCUT2D eigenvalue weighted by Gasteiger charge is -2.26. The maximum absolute atomic E-state index is 11.2. The summed E-state index contributed by atoms with van der Waals surface area (Å²) in [6, 6.07) is 4.46. The first-order valence-electron chi connectivity index (χ1n) is 6.09. The number of benzene rings is 1. The molecule has 3 N–H and O–H groups in total. The summed E-state index contributed by atoms with van der Waals surface area (Å²) in [4.78, 5) is 11.2. The molecule has 0 heterocycles. The van der Waals surface area contributed by atoms with Gasteiger partial charge in [0.05, 0.1) is 5.56 Å². The molecule has 4 nitrogen and oxygen atoms in total. The van der Waals surface area contributed by atoms with E-state index in [0.717, 1.165) is 12.8 Å². The number of amides is 1. The maximum atomic E-state index is 11.2. The van der Waals surface area contributed by atoms with Crippen molar-refractivity contribution in [3.05, 3.63) is 29.3 Å². The smallest absolute Gasteiger partial charge is 0.252 e. The zero-order valence-electron chi connectivity index (χ0n) is 10.9. The second-order valence-corrected chi connectivity index (χ2v) is 6.62. The zero-order valence-corrected chi connectivity index (χ0v) is 13.2. The van der Waals surface area contributed by atoms with E-state index in [9.17, 15) is 9.90 Å². The van der Waals surface area contributed by atoms with Crippen molar-refractivity contribution in [3.8, 4) is 5.75 Å². The Hall–Kier alpha value is -0.680. The highest BCUT2D eigenvalue weighted by Crippen LogP contribution is 2.45. The van der Waals surface area contributed by atoms with Crippen molar-refractivity contribution in [2.45, 2.75) is 29.7 Å². The molecule has 0 aromatic heterocycles. The Morgan fingerprint density at radius 1 is 1.45 bits per heavy atom. The summed E-state index contributed by atoms with van der Waals surface area (Å²) in [7, 11) is 0. The molecule has 1 amide bonds. The minimum Gasteiger partial charge on any atom is -0.507 e. The Balaban J connectivity index is 3.14. The van der Waals surface area contributed by atoms with E-state index in [1.165, 1.54) is 12.1 Å². The lowest BCUT2D eigenvalue weighted by molar-refractivity contribution is 0.0516. The average Bonchev–Trinajstić information content (AvgIpc) is 2.34. The predicted octanol–water partition coefficient (Wildman–Crippen LogP) is 3.72. The van der Waals surface area contributed by atoms with Gasteiger partial charge >= 0.3 is 0 Å². The number of ether oxygens (including phenoxy) is 1. The summed E-state index contributed by atoms with van der Waals surface area (Å²) in [5.74, 6) is -1.09. The van der Waals surface area contributed by atoms with Gasteiger partial charge < -0.3 is 15.6 Å². The number of primary amides is 1. The van der Waals surface area contributed by atoms with E-state index in [0.29, 0.717) is 6.61 Å². The second kappa shape index (κ2) is 7.36. The van der Waals surface area contributed by atoms with E-state index < -0.39 is 15.8 Å². The maximum Gasteiger partial charge on any atom is 0.252 e. The largest absolute Gasteiger partial charge is 0.507 e. The first-order valence-corrected chi connectivity index (χ1v) is 7.22. The van der Waals surface area contributed by atoms with E-state index in [1.54, 1.807) is 6.07 Å². The molecule has 0 spiro atoms. The van der Waals surface area contributed by atoms with E-state index in [4.69, 9.17) is 45.3 Å². The van der Waals surface area contributed by atoms with Crippen LogP contribution in [0.1, 0.15) is 41.8 Å². The van der Waals surface area contributed by atoms with Crippen LogP contribution in [0, 0.1) is 0 Å². The van der Waals surface area contributed by atoms with Crippen molar-refractivity contribution in [1.82, 2.24) is 0 Å². The van der Waals surface area contributed by atoms with E-state index in [2.05, 4.69) is 0 Å². The molecular formula is C13H16Cl3NO3. The van der Waals surface area contributed by atoms with Crippen molar-refractivity contribution in [1.29, 1.82) is 0 Å². The van der Waals surface area contributed by atoms with Crippen LogP contribution >= 0.6 is 34.8 Å². The van der Waals surface area contributed by atoms with Gasteiger partial charge in [0.1, 0.15) is 11.9 Å². The number of alkyl halides is 3. The number of para-hydroxylation sites is 1. The van der Waals surface area contributed by atoms with Crippen LogP contribution in [0.15, 0.2) is 18.2 Å². The molecule has 1 rings (SSSR count). The fourth-order valence-electron chi connectivity index (χ4n) is 1.68. The van der Waals surface area contributed by atoms with Gasteiger partial charge in [-0.05, 0) is 12.5 Å². The molecule has 0 saturated heterocycles. The highest BCUT2D eigenvalue weighted by Gasteiger charge is 2.37. The molecular weight excluding hydrogens is 325 g/mol. The van der Waals surface area contributed by atoms with Crippen LogP contribution in [0.5, 0.6) is 5.75 Å². The number of halogens is 3. The van der Waals surface area contributed by atoms with Crippen LogP contribution in [-0.2, 0) is 4.74 Å². The van der Waals surface area contributed by atoms with E-state index >= 15 is 0 Å². The number of carbonyl (C=O) groups is 1. The number of aromatic hydroxyl groups is 1. The summed E-state index contributed by atoms with van der Waals surface area (Å²) in [5, 5.41) is 10.1. The van der Waals surface area contributed by atoms with Crippen molar-refractivity contribution in [2.24, 2.45) is 5.73 Å². The highest BCUT2D eigenvalue weighted by molar-refractivity contribution is 6.68. The first-order chi connectivity index (χ1) is 9.29. The highest BCUT2D eigenvalue weighted by atomic mass is 35.6. The molecule has 112 valence electrons. The predicted molar refractivity (Wildman–Crippen MR) is 80.5 cm³/mol. The number of nitrogens with two attached hydrogens (primary N) is 1. The molecule has 1 atom stereocenters. The van der Waals surface area contributed by atoms with Gasteiger partial charge in [-0.3, -0.25) is 4.79 Å². The molecule has 1 unspecified atom stereocenters. The molecule has 0 aliphatic rings. The van der Waals surface area contributed by atoms with Crippen molar-refractivity contribution in [2.75, 3.05) is 6.61 Å². The first kappa shape index (κ1) is 17.4. The van der Waals surface area contributed by atoms with Gasteiger partial charge in [-0.25, -0.2) is 0 Å². The minimum absolute atomic E-state index is 0.0409. The van der Waals surface area contributed by atoms with Crippen molar-refractivity contribution >= 4 is 40.7 Å². The van der Waals surface area contributed by atoms with Crippen LogP contribution in [0.4, 0.5) is 0 Å². The number of unbranched alkanes of at least 4 members (excludes halogenated alkanes) is 1. The van der Waals surface area contributed by atoms with Crippen LogP contribution in [0.25, 0.3) is 0 Å². The molecule has 1 aromatic rings. The summed E-state index contributed by atoms with van der Waals surface area (Å²) < 4.78 is 3.76. The Labute approximate surface area is 132 Å². The lowest BCUT2D eigenvalue weighted by Crippen LogP contribution is -2.22. The molecule has 7 heteroatoms. The SMILES string of the molecule is CCCCOC(c1cccc(C(N)=O)c1O)C(Cl)(Cl)Cl. The summed E-state index contributed by atoms with van der Waals surface area (Å²) >= 11 is 17.7. The Kier molecular flexibility index (Phi) is 6.40. The molecule has 0 aliphatic carbocycles. The number of hydrogen-bond donors (Lipinski definition) is 2. The van der Waals surface area contributed by atoms with Crippen molar-refractivity contribution in [3.63, 3.8) is 0 Å². The number of rotatable bonds is 6. The van der Waals surface area contributed by atoms with Gasteiger partial charge in [0, 0.05) is 12.2 Å². The topological polar surface area (TPSA) is 72.5 Å². The molecule has 0 radical (unpaired) electrons. The average molecular weight is 341 g/mol. The fourth-order valence-corrected chi connectivity index (χ4v) is 2.22. The fraction of sp³-hybridized carbons (Fsp3) is 0.462. The van der Waals surface area contributed by atoms with Crippen LogP contribution in [0.2, 0.25) is 0 Å². The zero-order chi connectivity index (χ0) is 15.3. The molecule has 0 bridgehead atoms. The standard InChI is InChI=1S/C13H16Cl3NO3/c1-2-3-7-20-11(13(14,15)16)8-5-4-6-9(10(8)18)12(17)19/h4-6,11,18H,2-3,7H2,1H3,(H2,17,19). The normalized spacial score (nSPS) is 13.2.